The van der Waals surface area contributed by atoms with E-state index < -0.39 is 30.0 Å². The molecule has 1 aliphatic heterocycles. The van der Waals surface area contributed by atoms with Crippen molar-refractivity contribution in [3.63, 3.8) is 0 Å². The zero-order valence-electron chi connectivity index (χ0n) is 13.5. The molecule has 1 saturated heterocycles. The molecular formula is C16H19Cl2N3O4. The molecule has 1 aromatic carbocycles. The molecule has 2 rings (SSSR count). The summed E-state index contributed by atoms with van der Waals surface area (Å²) in [6.45, 7) is 1.40. The molecule has 9 heteroatoms. The number of primary amides is 1. The number of nitrogens with one attached hydrogen (secondary N) is 1. The first kappa shape index (κ1) is 19.5. The number of amides is 3. The molecule has 4 N–H and O–H groups in total. The highest BCUT2D eigenvalue weighted by atomic mass is 35.5. The lowest BCUT2D eigenvalue weighted by Gasteiger charge is -2.24. The Morgan fingerprint density at radius 3 is 2.64 bits per heavy atom. The third-order valence-electron chi connectivity index (χ3n) is 4.09. The standard InChI is InChI=1S/C16H19Cl2N3O4/c1-8(22)21-7-11(23)6-14(21)16(25)20-13(15(19)24)4-9-2-3-10(17)5-12(9)18/h2-3,5,11,13-14,23H,4,6-7H2,1H3,(H2,19,24)(H,20,25)/t11-,13+,14+/m1/s1. The lowest BCUT2D eigenvalue weighted by molar-refractivity contribution is -0.138. The first-order valence-corrected chi connectivity index (χ1v) is 8.43. The van der Waals surface area contributed by atoms with Gasteiger partial charge in [-0.1, -0.05) is 29.3 Å². The molecule has 0 spiro atoms. The Hall–Kier alpha value is -1.83. The molecule has 1 aliphatic rings. The predicted octanol–water partition coefficient (Wildman–Crippen LogP) is 0.488. The average molecular weight is 388 g/mol. The fraction of sp³-hybridized carbons (Fsp3) is 0.438. The number of β-amino-alcohol motifs (C(OH)–C–C–N with tert-alkyl or cyclic N) is 1. The number of aliphatic hydroxyl groups is 1. The van der Waals surface area contributed by atoms with Crippen LogP contribution in [0.4, 0.5) is 0 Å². The van der Waals surface area contributed by atoms with E-state index in [0.717, 1.165) is 0 Å². The fourth-order valence-electron chi connectivity index (χ4n) is 2.81. The van der Waals surface area contributed by atoms with Gasteiger partial charge in [0.2, 0.25) is 17.7 Å². The number of hydrogen-bond donors (Lipinski definition) is 3. The van der Waals surface area contributed by atoms with Gasteiger partial charge in [0.05, 0.1) is 6.10 Å². The van der Waals surface area contributed by atoms with E-state index in [1.54, 1.807) is 12.1 Å². The zero-order valence-corrected chi connectivity index (χ0v) is 15.0. The lowest BCUT2D eigenvalue weighted by Crippen LogP contribution is -2.52. The van der Waals surface area contributed by atoms with Crippen LogP contribution < -0.4 is 11.1 Å². The minimum Gasteiger partial charge on any atom is -0.391 e. The maximum absolute atomic E-state index is 12.5. The molecule has 3 atom stereocenters. The van der Waals surface area contributed by atoms with Crippen molar-refractivity contribution in [3.8, 4) is 0 Å². The number of carbonyl (C=O) groups is 3. The first-order chi connectivity index (χ1) is 11.7. The molecule has 0 aliphatic carbocycles. The average Bonchev–Trinajstić information content (AvgIpc) is 2.91. The molecule has 0 saturated carbocycles. The van der Waals surface area contributed by atoms with E-state index in [4.69, 9.17) is 28.9 Å². The third kappa shape index (κ3) is 4.84. The van der Waals surface area contributed by atoms with Gasteiger partial charge in [0.25, 0.3) is 0 Å². The maximum atomic E-state index is 12.5. The summed E-state index contributed by atoms with van der Waals surface area (Å²) in [7, 11) is 0. The number of halogens is 2. The summed E-state index contributed by atoms with van der Waals surface area (Å²) in [6, 6.07) is 2.96. The zero-order chi connectivity index (χ0) is 18.7. The van der Waals surface area contributed by atoms with Gasteiger partial charge in [0.1, 0.15) is 12.1 Å². The smallest absolute Gasteiger partial charge is 0.243 e. The summed E-state index contributed by atoms with van der Waals surface area (Å²) in [6.07, 6.45) is -0.581. The molecule has 3 amide bonds. The molecule has 1 heterocycles. The van der Waals surface area contributed by atoms with Crippen molar-refractivity contribution in [2.75, 3.05) is 6.54 Å². The van der Waals surface area contributed by atoms with Gasteiger partial charge < -0.3 is 21.1 Å². The van der Waals surface area contributed by atoms with Gasteiger partial charge in [-0.3, -0.25) is 14.4 Å². The topological polar surface area (TPSA) is 113 Å². The highest BCUT2D eigenvalue weighted by Crippen LogP contribution is 2.23. The second-order valence-electron chi connectivity index (χ2n) is 5.98. The normalized spacial score (nSPS) is 21.0. The Labute approximate surface area is 155 Å². The van der Waals surface area contributed by atoms with E-state index in [0.29, 0.717) is 15.6 Å². The summed E-state index contributed by atoms with van der Waals surface area (Å²) in [5.41, 5.74) is 5.98. The molecular weight excluding hydrogens is 369 g/mol. The van der Waals surface area contributed by atoms with Gasteiger partial charge in [-0.15, -0.1) is 0 Å². The number of carbonyl (C=O) groups excluding carboxylic acids is 3. The van der Waals surface area contributed by atoms with Crippen LogP contribution in [0.5, 0.6) is 0 Å². The van der Waals surface area contributed by atoms with Crippen LogP contribution >= 0.6 is 23.2 Å². The van der Waals surface area contributed by atoms with Crippen LogP contribution in [-0.4, -0.2) is 52.5 Å². The van der Waals surface area contributed by atoms with E-state index in [1.807, 2.05) is 0 Å². The molecule has 0 unspecified atom stereocenters. The van der Waals surface area contributed by atoms with Crippen molar-refractivity contribution in [2.45, 2.75) is 38.0 Å². The van der Waals surface area contributed by atoms with Crippen LogP contribution in [-0.2, 0) is 20.8 Å². The summed E-state index contributed by atoms with van der Waals surface area (Å²) in [4.78, 5) is 37.1. The molecule has 0 aromatic heterocycles. The number of likely N-dealkylation sites (tertiary alicyclic amines) is 1. The van der Waals surface area contributed by atoms with Gasteiger partial charge in [-0.25, -0.2) is 0 Å². The van der Waals surface area contributed by atoms with Crippen LogP contribution in [0.25, 0.3) is 0 Å². The molecule has 0 bridgehead atoms. The fourth-order valence-corrected chi connectivity index (χ4v) is 3.29. The molecule has 1 fully saturated rings. The highest BCUT2D eigenvalue weighted by molar-refractivity contribution is 6.35. The second kappa shape index (κ2) is 8.03. The SMILES string of the molecule is CC(=O)N1C[C@H](O)C[C@H]1C(=O)N[C@@H](Cc1ccc(Cl)cc1Cl)C(N)=O. The van der Waals surface area contributed by atoms with Crippen molar-refractivity contribution < 1.29 is 19.5 Å². The molecule has 0 radical (unpaired) electrons. The Balaban J connectivity index is 2.12. The number of benzene rings is 1. The Kier molecular flexibility index (Phi) is 6.26. The minimum absolute atomic E-state index is 0.0810. The minimum atomic E-state index is -1.00. The molecule has 25 heavy (non-hydrogen) atoms. The van der Waals surface area contributed by atoms with Crippen molar-refractivity contribution in [3.05, 3.63) is 33.8 Å². The van der Waals surface area contributed by atoms with Crippen molar-refractivity contribution in [1.29, 1.82) is 0 Å². The van der Waals surface area contributed by atoms with Gasteiger partial charge in [-0.05, 0) is 17.7 Å². The van der Waals surface area contributed by atoms with Crippen LogP contribution in [0.3, 0.4) is 0 Å². The molecule has 1 aromatic rings. The van der Waals surface area contributed by atoms with E-state index in [1.165, 1.54) is 17.9 Å². The summed E-state index contributed by atoms with van der Waals surface area (Å²) >= 11 is 11.9. The Bertz CT molecular complexity index is 698. The van der Waals surface area contributed by atoms with Gasteiger partial charge in [-0.2, -0.15) is 0 Å². The van der Waals surface area contributed by atoms with Crippen LogP contribution in [0, 0.1) is 0 Å². The van der Waals surface area contributed by atoms with Gasteiger partial charge >= 0.3 is 0 Å². The quantitative estimate of drug-likeness (QED) is 0.681. The number of rotatable bonds is 5. The predicted molar refractivity (Wildman–Crippen MR) is 93.1 cm³/mol. The van der Waals surface area contributed by atoms with Gasteiger partial charge in [0.15, 0.2) is 0 Å². The molecule has 7 nitrogen and oxygen atoms in total. The van der Waals surface area contributed by atoms with Crippen LogP contribution in [0.2, 0.25) is 10.0 Å². The van der Waals surface area contributed by atoms with E-state index in [9.17, 15) is 19.5 Å². The largest absolute Gasteiger partial charge is 0.391 e. The number of nitrogens with zero attached hydrogens (tertiary/aromatic N) is 1. The van der Waals surface area contributed by atoms with E-state index >= 15 is 0 Å². The summed E-state index contributed by atoms with van der Waals surface area (Å²) in [5.74, 6) is -1.60. The van der Waals surface area contributed by atoms with Crippen LogP contribution in [0.15, 0.2) is 18.2 Å². The maximum Gasteiger partial charge on any atom is 0.243 e. The highest BCUT2D eigenvalue weighted by Gasteiger charge is 2.38. The molecule has 136 valence electrons. The first-order valence-electron chi connectivity index (χ1n) is 7.68. The monoisotopic (exact) mass is 387 g/mol. The van der Waals surface area contributed by atoms with Crippen molar-refractivity contribution in [1.82, 2.24) is 10.2 Å². The van der Waals surface area contributed by atoms with Crippen molar-refractivity contribution >= 4 is 40.9 Å². The third-order valence-corrected chi connectivity index (χ3v) is 4.67. The summed E-state index contributed by atoms with van der Waals surface area (Å²) < 4.78 is 0. The van der Waals surface area contributed by atoms with Gasteiger partial charge in [0, 0.05) is 36.4 Å². The van der Waals surface area contributed by atoms with Crippen molar-refractivity contribution in [2.24, 2.45) is 5.73 Å². The Morgan fingerprint density at radius 2 is 2.08 bits per heavy atom. The number of nitrogens with two attached hydrogens (primary N) is 1. The summed E-state index contributed by atoms with van der Waals surface area (Å²) in [5, 5.41) is 13.1. The Morgan fingerprint density at radius 1 is 1.40 bits per heavy atom. The second-order valence-corrected chi connectivity index (χ2v) is 6.82. The van der Waals surface area contributed by atoms with E-state index in [-0.39, 0.29) is 25.3 Å². The lowest BCUT2D eigenvalue weighted by atomic mass is 10.0. The van der Waals surface area contributed by atoms with E-state index in [2.05, 4.69) is 5.32 Å². The number of aliphatic hydroxyl groups excluding tert-OH is 1. The number of hydrogen-bond acceptors (Lipinski definition) is 4. The van der Waals surface area contributed by atoms with Crippen LogP contribution in [0.1, 0.15) is 18.9 Å².